The second kappa shape index (κ2) is 7.63. The van der Waals surface area contributed by atoms with Crippen LogP contribution in [0, 0.1) is 0 Å². The van der Waals surface area contributed by atoms with Crippen molar-refractivity contribution in [1.29, 1.82) is 0 Å². The van der Waals surface area contributed by atoms with Crippen LogP contribution in [-0.4, -0.2) is 48.8 Å². The molecule has 0 amide bonds. The van der Waals surface area contributed by atoms with Crippen molar-refractivity contribution in [2.75, 3.05) is 27.2 Å². The molecule has 0 spiro atoms. The van der Waals surface area contributed by atoms with Crippen molar-refractivity contribution in [3.05, 3.63) is 35.9 Å². The zero-order chi connectivity index (χ0) is 14.3. The number of hydrogen-bond donors (Lipinski definition) is 2. The first kappa shape index (κ1) is 16.2. The third kappa shape index (κ3) is 6.71. The summed E-state index contributed by atoms with van der Waals surface area (Å²) in [6, 6.07) is 10.9. The second-order valence-electron chi connectivity index (χ2n) is 5.91. The van der Waals surface area contributed by atoms with Crippen LogP contribution in [0.1, 0.15) is 25.8 Å². The molecule has 0 aliphatic carbocycles. The molecular weight excluding hydrogens is 236 g/mol. The summed E-state index contributed by atoms with van der Waals surface area (Å²) in [4.78, 5) is 2.01. The van der Waals surface area contributed by atoms with Crippen LogP contribution in [0.25, 0.3) is 0 Å². The lowest BCUT2D eigenvalue weighted by atomic mass is 10.0. The van der Waals surface area contributed by atoms with Crippen LogP contribution in [0.5, 0.6) is 0 Å². The Morgan fingerprint density at radius 2 is 1.89 bits per heavy atom. The van der Waals surface area contributed by atoms with E-state index in [0.717, 1.165) is 12.8 Å². The maximum absolute atomic E-state index is 10.3. The summed E-state index contributed by atoms with van der Waals surface area (Å²) in [5.74, 6) is 0. The van der Waals surface area contributed by atoms with Crippen molar-refractivity contribution >= 4 is 0 Å². The summed E-state index contributed by atoms with van der Waals surface area (Å²) >= 11 is 0. The van der Waals surface area contributed by atoms with Crippen molar-refractivity contribution in [2.45, 2.75) is 38.3 Å². The lowest BCUT2D eigenvalue weighted by molar-refractivity contribution is 0.0312. The Bertz CT molecular complexity index is 349. The lowest BCUT2D eigenvalue weighted by Crippen LogP contribution is -2.48. The monoisotopic (exact) mass is 264 g/mol. The summed E-state index contributed by atoms with van der Waals surface area (Å²) in [7, 11) is 3.96. The molecule has 0 saturated carbocycles. The van der Waals surface area contributed by atoms with Gasteiger partial charge >= 0.3 is 0 Å². The van der Waals surface area contributed by atoms with E-state index in [4.69, 9.17) is 0 Å². The van der Waals surface area contributed by atoms with E-state index in [1.807, 2.05) is 32.0 Å². The van der Waals surface area contributed by atoms with Gasteiger partial charge in [-0.25, -0.2) is 0 Å². The Morgan fingerprint density at radius 3 is 2.42 bits per heavy atom. The number of nitrogens with one attached hydrogen (secondary N) is 1. The van der Waals surface area contributed by atoms with Crippen molar-refractivity contribution in [2.24, 2.45) is 0 Å². The van der Waals surface area contributed by atoms with E-state index in [0.29, 0.717) is 19.1 Å². The molecule has 0 saturated heterocycles. The molecule has 2 unspecified atom stereocenters. The Hall–Kier alpha value is -0.900. The van der Waals surface area contributed by atoms with Crippen LogP contribution in [0.3, 0.4) is 0 Å². The van der Waals surface area contributed by atoms with E-state index in [-0.39, 0.29) is 0 Å². The first-order chi connectivity index (χ1) is 8.93. The molecular formula is C16H28N2O. The third-order valence-corrected chi connectivity index (χ3v) is 3.25. The topological polar surface area (TPSA) is 35.5 Å². The molecule has 3 heteroatoms. The highest BCUT2D eigenvalue weighted by atomic mass is 16.3. The van der Waals surface area contributed by atoms with E-state index in [1.165, 1.54) is 5.56 Å². The maximum Gasteiger partial charge on any atom is 0.0869 e. The van der Waals surface area contributed by atoms with Gasteiger partial charge in [0.1, 0.15) is 0 Å². The molecule has 108 valence electrons. The fourth-order valence-corrected chi connectivity index (χ4v) is 2.36. The molecule has 0 aromatic heterocycles. The third-order valence-electron chi connectivity index (χ3n) is 3.25. The van der Waals surface area contributed by atoms with Gasteiger partial charge in [0, 0.05) is 19.1 Å². The smallest absolute Gasteiger partial charge is 0.0869 e. The molecule has 1 aromatic rings. The SMILES string of the molecule is CCC(Cc1ccccc1)NCC(C)(O)CN(C)C. The van der Waals surface area contributed by atoms with E-state index < -0.39 is 5.60 Å². The van der Waals surface area contributed by atoms with E-state index in [9.17, 15) is 5.11 Å². The zero-order valence-corrected chi connectivity index (χ0v) is 12.7. The Labute approximate surface area is 117 Å². The van der Waals surface area contributed by atoms with Gasteiger partial charge in [0.25, 0.3) is 0 Å². The highest BCUT2D eigenvalue weighted by Gasteiger charge is 2.22. The summed E-state index contributed by atoms with van der Waals surface area (Å²) in [6.07, 6.45) is 2.07. The average Bonchev–Trinajstić information content (AvgIpc) is 2.34. The van der Waals surface area contributed by atoms with Gasteiger partial charge in [-0.2, -0.15) is 0 Å². The fourth-order valence-electron chi connectivity index (χ4n) is 2.36. The largest absolute Gasteiger partial charge is 0.388 e. The van der Waals surface area contributed by atoms with Gasteiger partial charge in [0.2, 0.25) is 0 Å². The van der Waals surface area contributed by atoms with Crippen LogP contribution >= 0.6 is 0 Å². The quantitative estimate of drug-likeness (QED) is 0.753. The van der Waals surface area contributed by atoms with Gasteiger partial charge in [-0.05, 0) is 39.4 Å². The molecule has 0 heterocycles. The van der Waals surface area contributed by atoms with Crippen LogP contribution in [0.2, 0.25) is 0 Å². The average molecular weight is 264 g/mol. The summed E-state index contributed by atoms with van der Waals surface area (Å²) < 4.78 is 0. The number of aliphatic hydroxyl groups is 1. The van der Waals surface area contributed by atoms with Crippen molar-refractivity contribution in [1.82, 2.24) is 10.2 Å². The van der Waals surface area contributed by atoms with Crippen LogP contribution < -0.4 is 5.32 Å². The van der Waals surface area contributed by atoms with Gasteiger partial charge < -0.3 is 15.3 Å². The minimum absolute atomic E-state index is 0.413. The first-order valence-electron chi connectivity index (χ1n) is 7.07. The van der Waals surface area contributed by atoms with Crippen molar-refractivity contribution in [3.8, 4) is 0 Å². The van der Waals surface area contributed by atoms with Crippen LogP contribution in [0.15, 0.2) is 30.3 Å². The molecule has 0 radical (unpaired) electrons. The maximum atomic E-state index is 10.3. The first-order valence-corrected chi connectivity index (χ1v) is 7.07. The number of hydrogen-bond acceptors (Lipinski definition) is 3. The highest BCUT2D eigenvalue weighted by Crippen LogP contribution is 2.08. The normalized spacial score (nSPS) is 16.3. The molecule has 1 rings (SSSR count). The Kier molecular flexibility index (Phi) is 6.49. The highest BCUT2D eigenvalue weighted by molar-refractivity contribution is 5.15. The molecule has 0 aliphatic heterocycles. The number of likely N-dealkylation sites (N-methyl/N-ethyl adjacent to an activating group) is 1. The summed E-state index contributed by atoms with van der Waals surface area (Å²) in [5.41, 5.74) is 0.655. The van der Waals surface area contributed by atoms with Gasteiger partial charge in [-0.3, -0.25) is 0 Å². The number of nitrogens with zero attached hydrogens (tertiary/aromatic N) is 1. The lowest BCUT2D eigenvalue weighted by Gasteiger charge is -2.29. The fraction of sp³-hybridized carbons (Fsp3) is 0.625. The van der Waals surface area contributed by atoms with E-state index in [2.05, 4.69) is 36.5 Å². The van der Waals surface area contributed by atoms with E-state index in [1.54, 1.807) is 0 Å². The van der Waals surface area contributed by atoms with Crippen LogP contribution in [0.4, 0.5) is 0 Å². The Morgan fingerprint density at radius 1 is 1.26 bits per heavy atom. The summed E-state index contributed by atoms with van der Waals surface area (Å²) in [6.45, 7) is 5.36. The predicted octanol–water partition coefficient (Wildman–Crippen LogP) is 1.91. The van der Waals surface area contributed by atoms with Gasteiger partial charge in [-0.1, -0.05) is 37.3 Å². The molecule has 0 fully saturated rings. The number of rotatable bonds is 8. The predicted molar refractivity (Wildman–Crippen MR) is 81.4 cm³/mol. The molecule has 1 aromatic carbocycles. The van der Waals surface area contributed by atoms with Gasteiger partial charge in [-0.15, -0.1) is 0 Å². The molecule has 0 aliphatic rings. The van der Waals surface area contributed by atoms with E-state index >= 15 is 0 Å². The van der Waals surface area contributed by atoms with Gasteiger partial charge in [0.15, 0.2) is 0 Å². The van der Waals surface area contributed by atoms with Crippen LogP contribution in [-0.2, 0) is 6.42 Å². The zero-order valence-electron chi connectivity index (χ0n) is 12.7. The number of benzene rings is 1. The Balaban J connectivity index is 2.45. The van der Waals surface area contributed by atoms with Crippen molar-refractivity contribution in [3.63, 3.8) is 0 Å². The molecule has 19 heavy (non-hydrogen) atoms. The second-order valence-corrected chi connectivity index (χ2v) is 5.91. The molecule has 3 nitrogen and oxygen atoms in total. The minimum atomic E-state index is -0.687. The minimum Gasteiger partial charge on any atom is -0.388 e. The molecule has 2 N–H and O–H groups in total. The van der Waals surface area contributed by atoms with Gasteiger partial charge in [0.05, 0.1) is 5.60 Å². The summed E-state index contributed by atoms with van der Waals surface area (Å²) in [5, 5.41) is 13.8. The standard InChI is InChI=1S/C16H28N2O/c1-5-15(11-14-9-7-6-8-10-14)17-12-16(2,19)13-18(3)4/h6-10,15,17,19H,5,11-13H2,1-4H3. The van der Waals surface area contributed by atoms with Crippen molar-refractivity contribution < 1.29 is 5.11 Å². The molecule has 2 atom stereocenters. The molecule has 0 bridgehead atoms.